The summed E-state index contributed by atoms with van der Waals surface area (Å²) in [5.41, 5.74) is 1.51. The quantitative estimate of drug-likeness (QED) is 0.468. The molecule has 4 nitrogen and oxygen atoms in total. The average Bonchev–Trinajstić information content (AvgIpc) is 2.65. The molecule has 2 aliphatic rings. The number of nitrogens with zero attached hydrogens (tertiary/aromatic N) is 2. The largest absolute Gasteiger partial charge is 0.311 e. The number of pyridine rings is 1. The van der Waals surface area contributed by atoms with Crippen LogP contribution in [0.4, 0.5) is 0 Å². The molecule has 1 aromatic rings. The zero-order valence-electron chi connectivity index (χ0n) is 10.7. The van der Waals surface area contributed by atoms with Crippen LogP contribution in [0, 0.1) is 0 Å². The number of hydrogen-bond acceptors (Lipinski definition) is 4. The molecule has 0 bridgehead atoms. The second kappa shape index (κ2) is 4.20. The van der Waals surface area contributed by atoms with Crippen LogP contribution in [0.5, 0.6) is 0 Å². The van der Waals surface area contributed by atoms with Crippen molar-refractivity contribution >= 4 is 30.0 Å². The highest BCUT2D eigenvalue weighted by molar-refractivity contribution is 8.01. The smallest absolute Gasteiger partial charge is 0.254 e. The van der Waals surface area contributed by atoms with Gasteiger partial charge in [-0.3, -0.25) is 9.78 Å². The Balaban J connectivity index is 1.92. The number of carbonyl (C=O) groups excluding carboxylic acids is 2. The van der Waals surface area contributed by atoms with Gasteiger partial charge in [-0.25, -0.2) is 0 Å². The highest BCUT2D eigenvalue weighted by atomic mass is 32.2. The number of aromatic nitrogens is 1. The first-order chi connectivity index (χ1) is 9.04. The molecule has 0 aliphatic carbocycles. The molecule has 1 aromatic heterocycles. The van der Waals surface area contributed by atoms with Gasteiger partial charge in [0.1, 0.15) is 17.7 Å². The van der Waals surface area contributed by atoms with Gasteiger partial charge in [-0.2, -0.15) is 0 Å². The molecule has 2 saturated heterocycles. The van der Waals surface area contributed by atoms with Gasteiger partial charge in [0.05, 0.1) is 11.3 Å². The zero-order valence-corrected chi connectivity index (χ0v) is 11.6. The second-order valence-electron chi connectivity index (χ2n) is 5.22. The molecule has 3 rings (SSSR count). The van der Waals surface area contributed by atoms with Crippen molar-refractivity contribution in [3.8, 4) is 0 Å². The lowest BCUT2D eigenvalue weighted by molar-refractivity contribution is -0.139. The van der Waals surface area contributed by atoms with E-state index in [9.17, 15) is 9.59 Å². The highest BCUT2D eigenvalue weighted by Gasteiger charge is 2.58. The molecule has 1 unspecified atom stereocenters. The first-order valence-electron chi connectivity index (χ1n) is 6.13. The minimum Gasteiger partial charge on any atom is -0.311 e. The minimum atomic E-state index is -0.337. The van der Waals surface area contributed by atoms with E-state index in [1.165, 1.54) is 0 Å². The van der Waals surface area contributed by atoms with E-state index in [2.05, 4.69) is 4.98 Å². The molecule has 2 aliphatic heterocycles. The van der Waals surface area contributed by atoms with Crippen LogP contribution >= 0.6 is 11.8 Å². The van der Waals surface area contributed by atoms with Crippen LogP contribution in [0.3, 0.4) is 0 Å². The normalized spacial score (nSPS) is 30.1. The van der Waals surface area contributed by atoms with Gasteiger partial charge >= 0.3 is 0 Å². The summed E-state index contributed by atoms with van der Waals surface area (Å²) in [6.45, 7) is 4.00. The van der Waals surface area contributed by atoms with E-state index in [1.54, 1.807) is 22.9 Å². The number of thioether (sulfide) groups is 1. The second-order valence-corrected chi connectivity index (χ2v) is 6.96. The SMILES string of the molecule is CC1(C)SC2/C(=C\c3ccccn3)C(=O)N2[C@H]1C=O. The van der Waals surface area contributed by atoms with E-state index < -0.39 is 0 Å². The van der Waals surface area contributed by atoms with Gasteiger partial charge in [0.15, 0.2) is 0 Å². The summed E-state index contributed by atoms with van der Waals surface area (Å²) in [5, 5.41) is -0.0142. The lowest BCUT2D eigenvalue weighted by atomic mass is 9.96. The Morgan fingerprint density at radius 1 is 1.42 bits per heavy atom. The van der Waals surface area contributed by atoms with Crippen LogP contribution in [-0.2, 0) is 9.59 Å². The Hall–Kier alpha value is -1.62. The van der Waals surface area contributed by atoms with E-state index >= 15 is 0 Å². The molecular weight excluding hydrogens is 260 g/mol. The third-order valence-electron chi connectivity index (χ3n) is 3.55. The number of β-lactam (4-membered cyclic amide) rings is 1. The monoisotopic (exact) mass is 274 g/mol. The Labute approximate surface area is 115 Å². The molecule has 1 amide bonds. The van der Waals surface area contributed by atoms with Gasteiger partial charge in [-0.05, 0) is 32.1 Å². The summed E-state index contributed by atoms with van der Waals surface area (Å²) in [7, 11) is 0. The van der Waals surface area contributed by atoms with Crippen molar-refractivity contribution in [2.45, 2.75) is 30.0 Å². The third-order valence-corrected chi connectivity index (χ3v) is 5.10. The molecule has 5 heteroatoms. The number of aldehydes is 1. The van der Waals surface area contributed by atoms with Crippen LogP contribution in [0.1, 0.15) is 19.5 Å². The molecule has 0 spiro atoms. The lowest BCUT2D eigenvalue weighted by Crippen LogP contribution is -2.56. The topological polar surface area (TPSA) is 50.3 Å². The summed E-state index contributed by atoms with van der Waals surface area (Å²) in [6.07, 6.45) is 4.40. The Bertz CT molecular complexity index is 568. The summed E-state index contributed by atoms with van der Waals surface area (Å²) in [4.78, 5) is 29.2. The van der Waals surface area contributed by atoms with Crippen LogP contribution in [0.2, 0.25) is 0 Å². The molecule has 0 radical (unpaired) electrons. The standard InChI is InChI=1S/C14H14N2O2S/c1-14(2)11(8-17)16-12(18)10(13(16)19-14)7-9-5-3-4-6-15-9/h3-8,11,13H,1-2H3/b10-7-/t11-,13?/m0/s1. The molecular formula is C14H14N2O2S. The fraction of sp³-hybridized carbons (Fsp3) is 0.357. The maximum absolute atomic E-state index is 12.2. The van der Waals surface area contributed by atoms with Gasteiger partial charge in [0.2, 0.25) is 0 Å². The summed E-state index contributed by atoms with van der Waals surface area (Å²) in [6, 6.07) is 5.26. The van der Waals surface area contributed by atoms with Crippen LogP contribution in [-0.4, -0.2) is 38.2 Å². The van der Waals surface area contributed by atoms with E-state index in [0.717, 1.165) is 17.6 Å². The minimum absolute atomic E-state index is 0.0142. The van der Waals surface area contributed by atoms with Crippen molar-refractivity contribution < 1.29 is 9.59 Å². The lowest BCUT2D eigenvalue weighted by Gasteiger charge is -2.38. The average molecular weight is 274 g/mol. The fourth-order valence-corrected chi connectivity index (χ4v) is 4.03. The molecule has 0 saturated carbocycles. The van der Waals surface area contributed by atoms with Gasteiger partial charge in [-0.15, -0.1) is 11.8 Å². The van der Waals surface area contributed by atoms with E-state index in [-0.39, 0.29) is 22.1 Å². The van der Waals surface area contributed by atoms with Gasteiger partial charge in [-0.1, -0.05) is 6.07 Å². The predicted molar refractivity (Wildman–Crippen MR) is 74.4 cm³/mol. The molecule has 0 aromatic carbocycles. The van der Waals surface area contributed by atoms with Crippen LogP contribution in [0.25, 0.3) is 6.08 Å². The van der Waals surface area contributed by atoms with Crippen molar-refractivity contribution in [1.29, 1.82) is 0 Å². The number of fused-ring (bicyclic) bond motifs is 1. The van der Waals surface area contributed by atoms with Crippen LogP contribution < -0.4 is 0 Å². The van der Waals surface area contributed by atoms with E-state index in [4.69, 9.17) is 0 Å². The number of rotatable bonds is 2. The Morgan fingerprint density at radius 3 is 2.84 bits per heavy atom. The fourth-order valence-electron chi connectivity index (χ4n) is 2.51. The number of amides is 1. The summed E-state index contributed by atoms with van der Waals surface area (Å²) in [5.74, 6) is -0.0502. The first kappa shape index (κ1) is 12.4. The third kappa shape index (κ3) is 1.80. The molecule has 2 fully saturated rings. The zero-order chi connectivity index (χ0) is 13.6. The summed E-state index contributed by atoms with van der Waals surface area (Å²) >= 11 is 1.66. The van der Waals surface area contributed by atoms with Crippen molar-refractivity contribution in [2.24, 2.45) is 0 Å². The van der Waals surface area contributed by atoms with Crippen molar-refractivity contribution in [1.82, 2.24) is 9.88 Å². The van der Waals surface area contributed by atoms with Crippen molar-refractivity contribution in [3.63, 3.8) is 0 Å². The van der Waals surface area contributed by atoms with Crippen LogP contribution in [0.15, 0.2) is 30.0 Å². The predicted octanol–water partition coefficient (Wildman–Crippen LogP) is 1.73. The molecule has 98 valence electrons. The van der Waals surface area contributed by atoms with Gasteiger partial charge in [0, 0.05) is 10.9 Å². The highest BCUT2D eigenvalue weighted by Crippen LogP contribution is 2.52. The Kier molecular flexibility index (Phi) is 2.74. The van der Waals surface area contributed by atoms with Crippen molar-refractivity contribution in [2.75, 3.05) is 0 Å². The maximum atomic E-state index is 12.2. The number of hydrogen-bond donors (Lipinski definition) is 0. The van der Waals surface area contributed by atoms with E-state index in [1.807, 2.05) is 38.1 Å². The first-order valence-corrected chi connectivity index (χ1v) is 7.01. The van der Waals surface area contributed by atoms with E-state index in [0.29, 0.717) is 0 Å². The van der Waals surface area contributed by atoms with Crippen molar-refractivity contribution in [3.05, 3.63) is 35.7 Å². The molecule has 3 heterocycles. The van der Waals surface area contributed by atoms with Gasteiger partial charge < -0.3 is 9.69 Å². The Morgan fingerprint density at radius 2 is 2.21 bits per heavy atom. The molecule has 19 heavy (non-hydrogen) atoms. The summed E-state index contributed by atoms with van der Waals surface area (Å²) < 4.78 is -0.234. The molecule has 0 N–H and O–H groups in total. The number of carbonyl (C=O) groups is 2. The molecule has 2 atom stereocenters. The maximum Gasteiger partial charge on any atom is 0.254 e. The van der Waals surface area contributed by atoms with Gasteiger partial charge in [0.25, 0.3) is 5.91 Å².